The zero-order valence-corrected chi connectivity index (χ0v) is 19.9. The average Bonchev–Trinajstić information content (AvgIpc) is 2.67. The molecule has 2 nitrogen and oxygen atoms in total. The SMILES string of the molecule is O=[S+](Oc1ccccc1)(c1ccc(C(Cl)(Cl)Cl)cc1)c1ccc(C(Cl)(Cl)Cl)cc1. The molecule has 29 heavy (non-hydrogen) atoms. The number of hydrogen-bond donors (Lipinski definition) is 0. The molecule has 0 spiro atoms. The van der Waals surface area contributed by atoms with Crippen molar-refractivity contribution in [1.29, 1.82) is 0 Å². The Morgan fingerprint density at radius 1 is 0.586 bits per heavy atom. The number of para-hydroxylation sites is 1. The topological polar surface area (TPSA) is 26.3 Å². The second-order valence-electron chi connectivity index (χ2n) is 5.94. The van der Waals surface area contributed by atoms with Crippen LogP contribution in [0, 0.1) is 0 Å². The van der Waals surface area contributed by atoms with Gasteiger partial charge in [0.05, 0.1) is 0 Å². The number of rotatable bonds is 4. The van der Waals surface area contributed by atoms with E-state index >= 15 is 0 Å². The Kier molecular flexibility index (Phi) is 7.02. The zero-order valence-electron chi connectivity index (χ0n) is 14.5. The molecule has 0 aliphatic rings. The molecule has 0 atom stereocenters. The third kappa shape index (κ3) is 5.54. The first-order chi connectivity index (χ1) is 13.5. The van der Waals surface area contributed by atoms with Gasteiger partial charge in [0.1, 0.15) is 0 Å². The van der Waals surface area contributed by atoms with Crippen molar-refractivity contribution in [2.75, 3.05) is 0 Å². The van der Waals surface area contributed by atoms with Crippen LogP contribution in [-0.2, 0) is 22.0 Å². The van der Waals surface area contributed by atoms with E-state index in [0.29, 0.717) is 26.7 Å². The van der Waals surface area contributed by atoms with Crippen molar-refractivity contribution in [1.82, 2.24) is 0 Å². The summed E-state index contributed by atoms with van der Waals surface area (Å²) in [6, 6.07) is 21.6. The van der Waals surface area contributed by atoms with Crippen molar-refractivity contribution < 1.29 is 8.39 Å². The molecule has 9 heteroatoms. The number of hydrogen-bond acceptors (Lipinski definition) is 2. The van der Waals surface area contributed by atoms with Gasteiger partial charge in [-0.05, 0) is 64.9 Å². The predicted molar refractivity (Wildman–Crippen MR) is 123 cm³/mol. The van der Waals surface area contributed by atoms with Gasteiger partial charge in [0.25, 0.3) is 0 Å². The van der Waals surface area contributed by atoms with Crippen LogP contribution in [0.5, 0.6) is 5.75 Å². The summed E-state index contributed by atoms with van der Waals surface area (Å²) in [5.41, 5.74) is 0.888. The van der Waals surface area contributed by atoms with Gasteiger partial charge in [0.15, 0.2) is 5.75 Å². The van der Waals surface area contributed by atoms with Gasteiger partial charge in [0.2, 0.25) is 17.4 Å². The summed E-state index contributed by atoms with van der Waals surface area (Å²) in [4.78, 5) is 0.807. The summed E-state index contributed by atoms with van der Waals surface area (Å²) in [6.07, 6.45) is 0. The van der Waals surface area contributed by atoms with E-state index in [1.54, 1.807) is 72.8 Å². The molecule has 0 saturated carbocycles. The minimum Gasteiger partial charge on any atom is -0.275 e. The molecule has 0 saturated heterocycles. The van der Waals surface area contributed by atoms with Crippen LogP contribution in [-0.4, -0.2) is 0 Å². The van der Waals surface area contributed by atoms with Gasteiger partial charge in [-0.15, -0.1) is 0 Å². The summed E-state index contributed by atoms with van der Waals surface area (Å²) in [5, 5.41) is 0. The van der Waals surface area contributed by atoms with E-state index in [1.165, 1.54) is 0 Å². The van der Waals surface area contributed by atoms with E-state index in [9.17, 15) is 4.21 Å². The summed E-state index contributed by atoms with van der Waals surface area (Å²) in [6.45, 7) is 0. The minimum absolute atomic E-state index is 0.404. The van der Waals surface area contributed by atoms with E-state index in [1.807, 2.05) is 6.07 Å². The molecule has 0 fully saturated rings. The second kappa shape index (κ2) is 8.84. The summed E-state index contributed by atoms with van der Waals surface area (Å²) in [5.74, 6) is 0.438. The highest BCUT2D eigenvalue weighted by Gasteiger charge is 2.39. The van der Waals surface area contributed by atoms with Crippen molar-refractivity contribution in [2.45, 2.75) is 17.4 Å². The first-order valence-corrected chi connectivity index (χ1v) is 11.9. The molecule has 0 bridgehead atoms. The van der Waals surface area contributed by atoms with Gasteiger partial charge in [0, 0.05) is 11.1 Å². The standard InChI is InChI=1S/C20H13Cl6O2S/c21-19(22,23)14-6-10-17(11-7-14)29(27,28-16-4-2-1-3-5-16)18-12-8-15(9-13-18)20(24,25)26/h1-13H/q+1. The van der Waals surface area contributed by atoms with Crippen LogP contribution in [0.2, 0.25) is 0 Å². The molecule has 3 rings (SSSR count). The number of halogens is 6. The van der Waals surface area contributed by atoms with Crippen molar-refractivity contribution in [3.8, 4) is 5.75 Å². The molecule has 0 aromatic heterocycles. The molecule has 0 radical (unpaired) electrons. The van der Waals surface area contributed by atoms with Crippen LogP contribution in [0.4, 0.5) is 0 Å². The maximum Gasteiger partial charge on any atom is 0.325 e. The lowest BCUT2D eigenvalue weighted by Crippen LogP contribution is -2.20. The van der Waals surface area contributed by atoms with Crippen LogP contribution in [0.25, 0.3) is 0 Å². The third-order valence-electron chi connectivity index (χ3n) is 3.94. The zero-order chi connectivity index (χ0) is 21.3. The van der Waals surface area contributed by atoms with Gasteiger partial charge in [-0.25, -0.2) is 0 Å². The quantitative estimate of drug-likeness (QED) is 0.251. The van der Waals surface area contributed by atoms with Crippen LogP contribution in [0.3, 0.4) is 0 Å². The highest BCUT2D eigenvalue weighted by atomic mass is 35.6. The maximum atomic E-state index is 14.1. The van der Waals surface area contributed by atoms with Gasteiger partial charge in [-0.3, -0.25) is 4.18 Å². The van der Waals surface area contributed by atoms with E-state index in [2.05, 4.69) is 0 Å². The highest BCUT2D eigenvalue weighted by Crippen LogP contribution is 2.41. The van der Waals surface area contributed by atoms with Gasteiger partial charge >= 0.3 is 10.2 Å². The largest absolute Gasteiger partial charge is 0.325 e. The molecule has 3 aromatic rings. The van der Waals surface area contributed by atoms with Crippen LogP contribution in [0.1, 0.15) is 11.1 Å². The Bertz CT molecular complexity index is 949. The normalized spacial score (nSPS) is 12.6. The van der Waals surface area contributed by atoms with Gasteiger partial charge in [-0.2, -0.15) is 0 Å². The molecule has 0 aliphatic heterocycles. The van der Waals surface area contributed by atoms with Crippen molar-refractivity contribution in [3.05, 3.63) is 90.0 Å². The monoisotopic (exact) mass is 527 g/mol. The lowest BCUT2D eigenvalue weighted by molar-refractivity contribution is 0.499. The third-order valence-corrected chi connectivity index (χ3v) is 7.46. The smallest absolute Gasteiger partial charge is 0.275 e. The van der Waals surface area contributed by atoms with E-state index in [0.717, 1.165) is 0 Å². The highest BCUT2D eigenvalue weighted by molar-refractivity contribution is 7.99. The fourth-order valence-electron chi connectivity index (χ4n) is 2.49. The molecule has 0 aliphatic carbocycles. The molecule has 152 valence electrons. The Hall–Kier alpha value is -0.650. The molecule has 0 heterocycles. The first-order valence-electron chi connectivity index (χ1n) is 8.13. The van der Waals surface area contributed by atoms with Crippen molar-refractivity contribution in [3.63, 3.8) is 0 Å². The molecule has 0 N–H and O–H groups in total. The molecule has 0 amide bonds. The fraction of sp³-hybridized carbons (Fsp3) is 0.100. The number of alkyl halides is 6. The lowest BCUT2D eigenvalue weighted by atomic mass is 10.2. The Balaban J connectivity index is 2.08. The molecule has 3 aromatic carbocycles. The van der Waals surface area contributed by atoms with Crippen LogP contribution in [0.15, 0.2) is 88.7 Å². The van der Waals surface area contributed by atoms with Gasteiger partial charge < -0.3 is 0 Å². The van der Waals surface area contributed by atoms with Crippen molar-refractivity contribution >= 4 is 79.8 Å². The summed E-state index contributed by atoms with van der Waals surface area (Å²) < 4.78 is 16.8. The summed E-state index contributed by atoms with van der Waals surface area (Å²) >= 11 is 35.5. The second-order valence-corrected chi connectivity index (χ2v) is 12.6. The number of benzene rings is 3. The minimum atomic E-state index is -3.18. The lowest BCUT2D eigenvalue weighted by Gasteiger charge is -2.15. The van der Waals surface area contributed by atoms with E-state index in [4.69, 9.17) is 73.8 Å². The Labute approximate surface area is 200 Å². The summed E-state index contributed by atoms with van der Waals surface area (Å²) in [7, 11) is -3.18. The first kappa shape index (κ1) is 23.0. The Morgan fingerprint density at radius 3 is 1.31 bits per heavy atom. The Morgan fingerprint density at radius 2 is 0.966 bits per heavy atom. The predicted octanol–water partition coefficient (Wildman–Crippen LogP) is 8.25. The molecular formula is C20H13Cl6O2S+. The maximum absolute atomic E-state index is 14.1. The molecular weight excluding hydrogens is 517 g/mol. The average molecular weight is 530 g/mol. The van der Waals surface area contributed by atoms with Crippen LogP contribution < -0.4 is 4.18 Å². The fourth-order valence-corrected chi connectivity index (χ4v) is 5.08. The van der Waals surface area contributed by atoms with E-state index < -0.39 is 17.8 Å². The van der Waals surface area contributed by atoms with Gasteiger partial charge in [-0.1, -0.05) is 87.8 Å². The van der Waals surface area contributed by atoms with E-state index in [-0.39, 0.29) is 0 Å². The van der Waals surface area contributed by atoms with Crippen molar-refractivity contribution in [2.24, 2.45) is 0 Å². The van der Waals surface area contributed by atoms with Crippen LogP contribution >= 0.6 is 69.6 Å². The molecule has 0 unspecified atom stereocenters.